The number of nitrogens with one attached hydrogen (secondary N) is 1. The number of likely N-dealkylation sites (N-methyl/N-ethyl adjacent to an activating group) is 1. The molecule has 0 fully saturated rings. The number of benzene rings is 1. The summed E-state index contributed by atoms with van der Waals surface area (Å²) in [7, 11) is 0. The predicted octanol–water partition coefficient (Wildman–Crippen LogP) is 4.45. The largest absolute Gasteiger partial charge is 0.309 e. The Morgan fingerprint density at radius 2 is 2.33 bits per heavy atom. The van der Waals surface area contributed by atoms with E-state index >= 15 is 0 Å². The highest BCUT2D eigenvalue weighted by molar-refractivity contribution is 9.10. The van der Waals surface area contributed by atoms with Crippen LogP contribution in [-0.2, 0) is 6.42 Å². The van der Waals surface area contributed by atoms with Crippen LogP contribution in [0.25, 0.3) is 0 Å². The summed E-state index contributed by atoms with van der Waals surface area (Å²) in [6, 6.07) is 6.31. The van der Waals surface area contributed by atoms with Gasteiger partial charge in [0.15, 0.2) is 0 Å². The summed E-state index contributed by atoms with van der Waals surface area (Å²) >= 11 is 11.4. The average molecular weight is 346 g/mol. The minimum atomic E-state index is 0.279. The molecule has 0 aliphatic heterocycles. The quantitative estimate of drug-likeness (QED) is 0.866. The number of hydrogen-bond acceptors (Lipinski definition) is 3. The second kappa shape index (κ2) is 6.66. The second-order valence-corrected chi connectivity index (χ2v) is 6.19. The van der Waals surface area contributed by atoms with Crippen LogP contribution in [0, 0.1) is 0 Å². The third-order valence-corrected chi connectivity index (χ3v) is 4.42. The normalized spacial score (nSPS) is 12.6. The van der Waals surface area contributed by atoms with Gasteiger partial charge in [0.1, 0.15) is 0 Å². The molecule has 1 aromatic carbocycles. The fraction of sp³-hybridized carbons (Fsp3) is 0.308. The first-order valence-electron chi connectivity index (χ1n) is 5.76. The Balaban J connectivity index is 2.18. The molecule has 1 aromatic heterocycles. The molecule has 96 valence electrons. The van der Waals surface area contributed by atoms with Crippen molar-refractivity contribution in [2.75, 3.05) is 6.54 Å². The van der Waals surface area contributed by atoms with Gasteiger partial charge >= 0.3 is 0 Å². The number of halogens is 2. The van der Waals surface area contributed by atoms with Gasteiger partial charge in [0.25, 0.3) is 0 Å². The zero-order valence-corrected chi connectivity index (χ0v) is 13.1. The topological polar surface area (TPSA) is 24.9 Å². The molecule has 1 heterocycles. The van der Waals surface area contributed by atoms with Crippen molar-refractivity contribution in [3.05, 3.63) is 49.8 Å². The molecule has 18 heavy (non-hydrogen) atoms. The Hall–Kier alpha value is -0.420. The second-order valence-electron chi connectivity index (χ2n) is 3.95. The Labute approximate surface area is 125 Å². The first-order chi connectivity index (χ1) is 8.70. The predicted molar refractivity (Wildman–Crippen MR) is 81.4 cm³/mol. The van der Waals surface area contributed by atoms with Crippen LogP contribution in [0.2, 0.25) is 5.02 Å². The molecule has 2 nitrogen and oxygen atoms in total. The van der Waals surface area contributed by atoms with Crippen LogP contribution in [0.1, 0.15) is 23.4 Å². The average Bonchev–Trinajstić information content (AvgIpc) is 2.85. The lowest BCUT2D eigenvalue weighted by Gasteiger charge is -2.17. The summed E-state index contributed by atoms with van der Waals surface area (Å²) in [5.41, 5.74) is 3.02. The highest BCUT2D eigenvalue weighted by atomic mass is 79.9. The number of nitrogens with zero attached hydrogens (tertiary/aromatic N) is 1. The van der Waals surface area contributed by atoms with Crippen LogP contribution in [-0.4, -0.2) is 11.5 Å². The Kier molecular flexibility index (Phi) is 5.18. The molecule has 5 heteroatoms. The minimum Gasteiger partial charge on any atom is -0.309 e. The molecule has 1 unspecified atom stereocenters. The van der Waals surface area contributed by atoms with Crippen LogP contribution in [0.15, 0.2) is 34.4 Å². The molecule has 0 saturated carbocycles. The number of hydrogen-bond donors (Lipinski definition) is 1. The van der Waals surface area contributed by atoms with Gasteiger partial charge in [-0.25, -0.2) is 0 Å². The van der Waals surface area contributed by atoms with Crippen molar-refractivity contribution in [3.8, 4) is 0 Å². The maximum absolute atomic E-state index is 6.27. The monoisotopic (exact) mass is 344 g/mol. The highest BCUT2D eigenvalue weighted by Crippen LogP contribution is 2.27. The van der Waals surface area contributed by atoms with Crippen LogP contribution in [0.3, 0.4) is 0 Å². The molecule has 0 saturated heterocycles. The molecule has 1 atom stereocenters. The SMILES string of the molecule is CCNC(Cc1ccc(Br)cc1Cl)c1cncs1. The van der Waals surface area contributed by atoms with Gasteiger partial charge in [-0.3, -0.25) is 4.98 Å². The van der Waals surface area contributed by atoms with E-state index in [2.05, 4.69) is 39.2 Å². The first-order valence-corrected chi connectivity index (χ1v) is 7.81. The molecule has 0 spiro atoms. The van der Waals surface area contributed by atoms with Crippen molar-refractivity contribution >= 4 is 38.9 Å². The summed E-state index contributed by atoms with van der Waals surface area (Å²) in [4.78, 5) is 5.39. The summed E-state index contributed by atoms with van der Waals surface area (Å²) in [5.74, 6) is 0. The highest BCUT2D eigenvalue weighted by Gasteiger charge is 2.14. The van der Waals surface area contributed by atoms with E-state index in [1.165, 1.54) is 4.88 Å². The molecule has 2 rings (SSSR count). The van der Waals surface area contributed by atoms with Gasteiger partial charge in [-0.15, -0.1) is 11.3 Å². The van der Waals surface area contributed by atoms with Crippen molar-refractivity contribution in [1.82, 2.24) is 10.3 Å². The van der Waals surface area contributed by atoms with Gasteiger partial charge in [0, 0.05) is 26.6 Å². The van der Waals surface area contributed by atoms with E-state index in [9.17, 15) is 0 Å². The van der Waals surface area contributed by atoms with E-state index in [4.69, 9.17) is 11.6 Å². The Morgan fingerprint density at radius 3 is 2.94 bits per heavy atom. The molecule has 0 bridgehead atoms. The molecule has 0 radical (unpaired) electrons. The maximum Gasteiger partial charge on any atom is 0.0794 e. The smallest absolute Gasteiger partial charge is 0.0794 e. The third-order valence-electron chi connectivity index (χ3n) is 2.68. The number of thiazole rings is 1. The van der Waals surface area contributed by atoms with Crippen molar-refractivity contribution < 1.29 is 0 Å². The maximum atomic E-state index is 6.27. The fourth-order valence-electron chi connectivity index (χ4n) is 1.82. The van der Waals surface area contributed by atoms with E-state index in [0.29, 0.717) is 0 Å². The molecule has 0 aliphatic rings. The van der Waals surface area contributed by atoms with Crippen molar-refractivity contribution in [1.29, 1.82) is 0 Å². The van der Waals surface area contributed by atoms with E-state index in [-0.39, 0.29) is 6.04 Å². The molecule has 2 aromatic rings. The van der Waals surface area contributed by atoms with Crippen LogP contribution >= 0.6 is 38.9 Å². The molecular formula is C13H14BrClN2S. The Morgan fingerprint density at radius 1 is 1.50 bits per heavy atom. The van der Waals surface area contributed by atoms with Gasteiger partial charge in [-0.2, -0.15) is 0 Å². The summed E-state index contributed by atoms with van der Waals surface area (Å²) in [6.07, 6.45) is 2.80. The molecule has 0 aliphatic carbocycles. The standard InChI is InChI=1S/C13H14BrClN2S/c1-2-17-12(13-7-16-8-18-13)5-9-3-4-10(14)6-11(9)15/h3-4,6-8,12,17H,2,5H2,1H3. The molecule has 0 amide bonds. The van der Waals surface area contributed by atoms with Crippen LogP contribution < -0.4 is 5.32 Å². The number of aromatic nitrogens is 1. The van der Waals surface area contributed by atoms with E-state index in [0.717, 1.165) is 28.0 Å². The van der Waals surface area contributed by atoms with Gasteiger partial charge in [0.05, 0.1) is 5.51 Å². The summed E-state index contributed by atoms with van der Waals surface area (Å²) in [5, 5.41) is 4.28. The lowest BCUT2D eigenvalue weighted by Crippen LogP contribution is -2.22. The molecule has 1 N–H and O–H groups in total. The van der Waals surface area contributed by atoms with E-state index in [1.807, 2.05) is 23.8 Å². The zero-order chi connectivity index (χ0) is 13.0. The summed E-state index contributed by atoms with van der Waals surface area (Å²) < 4.78 is 1.01. The zero-order valence-electron chi connectivity index (χ0n) is 9.99. The number of rotatable bonds is 5. The Bertz CT molecular complexity index is 502. The molecular weight excluding hydrogens is 332 g/mol. The van der Waals surface area contributed by atoms with Crippen molar-refractivity contribution in [3.63, 3.8) is 0 Å². The minimum absolute atomic E-state index is 0.279. The van der Waals surface area contributed by atoms with Crippen LogP contribution in [0.5, 0.6) is 0 Å². The summed E-state index contributed by atoms with van der Waals surface area (Å²) in [6.45, 7) is 3.04. The van der Waals surface area contributed by atoms with Gasteiger partial charge in [-0.05, 0) is 30.7 Å². The lowest BCUT2D eigenvalue weighted by molar-refractivity contribution is 0.557. The van der Waals surface area contributed by atoms with Gasteiger partial charge in [-0.1, -0.05) is 40.5 Å². The van der Waals surface area contributed by atoms with Gasteiger partial charge < -0.3 is 5.32 Å². The van der Waals surface area contributed by atoms with Gasteiger partial charge in [0.2, 0.25) is 0 Å². The van der Waals surface area contributed by atoms with Crippen LogP contribution in [0.4, 0.5) is 0 Å². The van der Waals surface area contributed by atoms with Crippen molar-refractivity contribution in [2.24, 2.45) is 0 Å². The lowest BCUT2D eigenvalue weighted by atomic mass is 10.0. The van der Waals surface area contributed by atoms with Crippen molar-refractivity contribution in [2.45, 2.75) is 19.4 Å². The first kappa shape index (κ1) is 14.0. The van der Waals surface area contributed by atoms with E-state index < -0.39 is 0 Å². The van der Waals surface area contributed by atoms with E-state index in [1.54, 1.807) is 11.3 Å². The fourth-order valence-corrected chi connectivity index (χ4v) is 3.27. The third kappa shape index (κ3) is 3.54.